The fourth-order valence-corrected chi connectivity index (χ4v) is 3.17. The molecule has 6 heteroatoms. The molecule has 144 valence electrons. The first-order chi connectivity index (χ1) is 13.7. The van der Waals surface area contributed by atoms with E-state index >= 15 is 0 Å². The average Bonchev–Trinajstić information content (AvgIpc) is 3.29. The van der Waals surface area contributed by atoms with E-state index in [-0.39, 0.29) is 11.9 Å². The quantitative estimate of drug-likeness (QED) is 0.678. The second-order valence-corrected chi connectivity index (χ2v) is 6.80. The van der Waals surface area contributed by atoms with Crippen molar-refractivity contribution in [3.8, 4) is 17.2 Å². The molecule has 28 heavy (non-hydrogen) atoms. The monoisotopic (exact) mass is 378 g/mol. The number of nitrogens with zero attached hydrogens (tertiary/aromatic N) is 1. The number of rotatable bonds is 7. The molecule has 0 spiro atoms. The second kappa shape index (κ2) is 8.27. The average molecular weight is 378 g/mol. The smallest absolute Gasteiger partial charge is 0.329 e. The van der Waals surface area contributed by atoms with E-state index < -0.39 is 0 Å². The Kier molecular flexibility index (Phi) is 5.39. The molecule has 1 unspecified atom stereocenters. The highest BCUT2D eigenvalue weighted by Crippen LogP contribution is 2.22. The van der Waals surface area contributed by atoms with Crippen LogP contribution in [0.3, 0.4) is 0 Å². The van der Waals surface area contributed by atoms with Crippen LogP contribution in [0, 0.1) is 12.8 Å². The van der Waals surface area contributed by atoms with Gasteiger partial charge in [0, 0.05) is 18.5 Å². The van der Waals surface area contributed by atoms with Crippen LogP contribution in [-0.2, 0) is 22.5 Å². The SMILES string of the molecule is Cc1oc(-c2ccccc2)nc1CCOc1ccc(CC2CNOC2=O)cc1. The summed E-state index contributed by atoms with van der Waals surface area (Å²) in [7, 11) is 0. The predicted octanol–water partition coefficient (Wildman–Crippen LogP) is 3.49. The summed E-state index contributed by atoms with van der Waals surface area (Å²) in [5.41, 5.74) is 5.58. The largest absolute Gasteiger partial charge is 0.493 e. The maximum atomic E-state index is 11.5. The molecule has 0 bridgehead atoms. The number of oxazole rings is 1. The third-order valence-corrected chi connectivity index (χ3v) is 4.76. The van der Waals surface area contributed by atoms with Gasteiger partial charge in [0.05, 0.1) is 18.2 Å². The number of benzene rings is 2. The van der Waals surface area contributed by atoms with Crippen molar-refractivity contribution in [2.45, 2.75) is 19.8 Å². The van der Waals surface area contributed by atoms with Crippen LogP contribution >= 0.6 is 0 Å². The van der Waals surface area contributed by atoms with Crippen molar-refractivity contribution in [3.63, 3.8) is 0 Å². The van der Waals surface area contributed by atoms with Gasteiger partial charge in [-0.15, -0.1) is 0 Å². The van der Waals surface area contributed by atoms with E-state index in [0.717, 1.165) is 28.3 Å². The standard InChI is InChI=1S/C22H22N2O4/c1-15-20(24-21(27-15)17-5-3-2-4-6-17)11-12-26-19-9-7-16(8-10-19)13-18-14-23-28-22(18)25/h2-10,18,23H,11-14H2,1H3. The summed E-state index contributed by atoms with van der Waals surface area (Å²) in [4.78, 5) is 20.9. The molecule has 0 saturated carbocycles. The fourth-order valence-electron chi connectivity index (χ4n) is 3.17. The van der Waals surface area contributed by atoms with Crippen molar-refractivity contribution in [3.05, 3.63) is 71.6 Å². The summed E-state index contributed by atoms with van der Waals surface area (Å²) in [6, 6.07) is 17.7. The minimum absolute atomic E-state index is 0.124. The Morgan fingerprint density at radius 1 is 1.14 bits per heavy atom. The van der Waals surface area contributed by atoms with E-state index in [0.29, 0.717) is 31.9 Å². The van der Waals surface area contributed by atoms with Crippen LogP contribution in [0.2, 0.25) is 0 Å². The number of hydrogen-bond donors (Lipinski definition) is 1. The van der Waals surface area contributed by atoms with Gasteiger partial charge in [-0.1, -0.05) is 30.3 Å². The second-order valence-electron chi connectivity index (χ2n) is 6.80. The maximum Gasteiger partial charge on any atom is 0.329 e. The molecule has 1 aliphatic rings. The van der Waals surface area contributed by atoms with Gasteiger partial charge in [-0.05, 0) is 43.2 Å². The van der Waals surface area contributed by atoms with Gasteiger partial charge in [-0.3, -0.25) is 0 Å². The van der Waals surface area contributed by atoms with Gasteiger partial charge in [0.25, 0.3) is 0 Å². The zero-order valence-electron chi connectivity index (χ0n) is 15.7. The molecule has 2 aromatic carbocycles. The molecule has 1 N–H and O–H groups in total. The van der Waals surface area contributed by atoms with Crippen molar-refractivity contribution in [1.29, 1.82) is 0 Å². The van der Waals surface area contributed by atoms with Crippen LogP contribution in [0.4, 0.5) is 0 Å². The summed E-state index contributed by atoms with van der Waals surface area (Å²) < 4.78 is 11.6. The summed E-state index contributed by atoms with van der Waals surface area (Å²) in [6.45, 7) is 2.99. The molecule has 0 radical (unpaired) electrons. The van der Waals surface area contributed by atoms with Gasteiger partial charge in [0.15, 0.2) is 0 Å². The molecule has 0 aliphatic carbocycles. The van der Waals surface area contributed by atoms with Crippen molar-refractivity contribution in [1.82, 2.24) is 10.5 Å². The number of carbonyl (C=O) groups is 1. The van der Waals surface area contributed by atoms with Crippen LogP contribution in [0.1, 0.15) is 17.0 Å². The molecule has 1 saturated heterocycles. The Morgan fingerprint density at radius 3 is 2.64 bits per heavy atom. The number of nitrogens with one attached hydrogen (secondary N) is 1. The summed E-state index contributed by atoms with van der Waals surface area (Å²) in [5.74, 6) is 1.92. The third-order valence-electron chi connectivity index (χ3n) is 4.76. The minimum Gasteiger partial charge on any atom is -0.493 e. The van der Waals surface area contributed by atoms with Crippen molar-refractivity contribution >= 4 is 5.97 Å². The first-order valence-corrected chi connectivity index (χ1v) is 9.36. The molecule has 0 amide bonds. The number of ether oxygens (including phenoxy) is 1. The van der Waals surface area contributed by atoms with Gasteiger partial charge in [0.2, 0.25) is 5.89 Å². The Bertz CT molecular complexity index is 935. The van der Waals surface area contributed by atoms with Gasteiger partial charge in [-0.2, -0.15) is 5.48 Å². The van der Waals surface area contributed by atoms with Crippen LogP contribution in [0.25, 0.3) is 11.5 Å². The first kappa shape index (κ1) is 18.3. The number of carbonyl (C=O) groups excluding carboxylic acids is 1. The summed E-state index contributed by atoms with van der Waals surface area (Å²) in [5, 5.41) is 0. The number of hydrogen-bond acceptors (Lipinski definition) is 6. The highest BCUT2D eigenvalue weighted by Gasteiger charge is 2.26. The first-order valence-electron chi connectivity index (χ1n) is 9.36. The Balaban J connectivity index is 1.30. The number of aromatic nitrogens is 1. The fraction of sp³-hybridized carbons (Fsp3) is 0.273. The molecule has 1 fully saturated rings. The minimum atomic E-state index is -0.196. The van der Waals surface area contributed by atoms with Gasteiger partial charge < -0.3 is 14.0 Å². The van der Waals surface area contributed by atoms with Crippen LogP contribution in [-0.4, -0.2) is 24.1 Å². The van der Waals surface area contributed by atoms with Crippen molar-refractivity contribution in [2.24, 2.45) is 5.92 Å². The van der Waals surface area contributed by atoms with E-state index in [9.17, 15) is 4.79 Å². The molecule has 1 aliphatic heterocycles. The van der Waals surface area contributed by atoms with E-state index in [1.54, 1.807) is 0 Å². The molecule has 1 aromatic heterocycles. The molecular formula is C22H22N2O4. The van der Waals surface area contributed by atoms with E-state index in [2.05, 4.69) is 10.5 Å². The van der Waals surface area contributed by atoms with Gasteiger partial charge in [-0.25, -0.2) is 9.78 Å². The molecule has 6 nitrogen and oxygen atoms in total. The third kappa shape index (κ3) is 4.23. The van der Waals surface area contributed by atoms with Crippen LogP contribution in [0.5, 0.6) is 5.75 Å². The number of aryl methyl sites for hydroxylation is 1. The maximum absolute atomic E-state index is 11.5. The topological polar surface area (TPSA) is 73.6 Å². The molecule has 2 heterocycles. The van der Waals surface area contributed by atoms with Gasteiger partial charge in [0.1, 0.15) is 11.5 Å². The highest BCUT2D eigenvalue weighted by atomic mass is 16.7. The Morgan fingerprint density at radius 2 is 1.93 bits per heavy atom. The Labute approximate surface area is 163 Å². The molecule has 4 rings (SSSR count). The lowest BCUT2D eigenvalue weighted by molar-refractivity contribution is -0.145. The van der Waals surface area contributed by atoms with E-state index in [1.807, 2.05) is 61.5 Å². The zero-order chi connectivity index (χ0) is 19.3. The lowest BCUT2D eigenvalue weighted by Crippen LogP contribution is -2.14. The summed E-state index contributed by atoms with van der Waals surface area (Å²) >= 11 is 0. The van der Waals surface area contributed by atoms with Crippen LogP contribution in [0.15, 0.2) is 59.0 Å². The molecule has 1 atom stereocenters. The van der Waals surface area contributed by atoms with E-state index in [1.165, 1.54) is 0 Å². The zero-order valence-corrected chi connectivity index (χ0v) is 15.7. The highest BCUT2D eigenvalue weighted by molar-refractivity contribution is 5.74. The molecular weight excluding hydrogens is 356 g/mol. The lowest BCUT2D eigenvalue weighted by Gasteiger charge is -2.08. The van der Waals surface area contributed by atoms with Gasteiger partial charge >= 0.3 is 5.97 Å². The normalized spacial score (nSPS) is 16.2. The van der Waals surface area contributed by atoms with Crippen LogP contribution < -0.4 is 10.2 Å². The molecule has 3 aromatic rings. The predicted molar refractivity (Wildman–Crippen MR) is 104 cm³/mol. The van der Waals surface area contributed by atoms with Crippen molar-refractivity contribution in [2.75, 3.05) is 13.2 Å². The lowest BCUT2D eigenvalue weighted by atomic mass is 10.0. The Hall–Kier alpha value is -3.12. The van der Waals surface area contributed by atoms with Crippen molar-refractivity contribution < 1.29 is 18.8 Å². The number of hydroxylamine groups is 1. The summed E-state index contributed by atoms with van der Waals surface area (Å²) in [6.07, 6.45) is 1.33. The van der Waals surface area contributed by atoms with E-state index in [4.69, 9.17) is 14.0 Å².